The van der Waals surface area contributed by atoms with Gasteiger partial charge in [0.2, 0.25) is 0 Å². The fourth-order valence-electron chi connectivity index (χ4n) is 2.77. The average Bonchev–Trinajstić information content (AvgIpc) is 2.31. The largest absolute Gasteiger partial charge is 0.395 e. The van der Waals surface area contributed by atoms with E-state index in [0.29, 0.717) is 12.0 Å². The first-order chi connectivity index (χ1) is 7.27. The molecule has 1 saturated heterocycles. The molecule has 0 aromatic heterocycles. The van der Waals surface area contributed by atoms with E-state index in [1.54, 1.807) is 0 Å². The zero-order valence-corrected chi connectivity index (χ0v) is 9.89. The van der Waals surface area contributed by atoms with Crippen molar-refractivity contribution in [1.82, 2.24) is 5.32 Å². The number of hydrogen-bond acceptors (Lipinski definition) is 2. The minimum absolute atomic E-state index is 0.0717. The molecule has 15 heavy (non-hydrogen) atoms. The van der Waals surface area contributed by atoms with Crippen molar-refractivity contribution >= 4 is 11.6 Å². The van der Waals surface area contributed by atoms with E-state index in [-0.39, 0.29) is 5.41 Å². The van der Waals surface area contributed by atoms with Crippen molar-refractivity contribution in [3.8, 4) is 0 Å². The molecule has 1 atom stereocenters. The third kappa shape index (κ3) is 2.38. The lowest BCUT2D eigenvalue weighted by molar-refractivity contribution is 0.118. The third-order valence-electron chi connectivity index (χ3n) is 3.89. The highest BCUT2D eigenvalue weighted by atomic mass is 35.5. The van der Waals surface area contributed by atoms with Crippen LogP contribution in [0, 0.1) is 5.41 Å². The van der Waals surface area contributed by atoms with Crippen LogP contribution in [-0.2, 0) is 0 Å². The normalized spacial score (nSPS) is 31.1. The Balaban J connectivity index is 2.11. The van der Waals surface area contributed by atoms with Crippen LogP contribution in [0.5, 0.6) is 0 Å². The van der Waals surface area contributed by atoms with Crippen LogP contribution in [0.4, 0.5) is 0 Å². The molecule has 0 amide bonds. The van der Waals surface area contributed by atoms with Gasteiger partial charge in [0.15, 0.2) is 0 Å². The van der Waals surface area contributed by atoms with Crippen molar-refractivity contribution in [2.75, 3.05) is 19.7 Å². The molecule has 0 radical (unpaired) electrons. The summed E-state index contributed by atoms with van der Waals surface area (Å²) in [5, 5.41) is 13.3. The Morgan fingerprint density at radius 2 is 2.20 bits per heavy atom. The van der Waals surface area contributed by atoms with Gasteiger partial charge in [-0.05, 0) is 45.2 Å². The summed E-state index contributed by atoms with van der Waals surface area (Å²) < 4.78 is 0. The fraction of sp³-hybridized carbons (Fsp3) is 0.833. The molecule has 2 aliphatic rings. The maximum absolute atomic E-state index is 9.66. The lowest BCUT2D eigenvalue weighted by Crippen LogP contribution is -2.41. The number of allylic oxidation sites excluding steroid dienone is 1. The highest BCUT2D eigenvalue weighted by Gasteiger charge is 2.35. The minimum atomic E-state index is 0.0717. The maximum atomic E-state index is 9.66. The number of aliphatic hydroxyl groups is 1. The van der Waals surface area contributed by atoms with Gasteiger partial charge in [0.05, 0.1) is 6.61 Å². The first-order valence-corrected chi connectivity index (χ1v) is 6.36. The predicted molar refractivity (Wildman–Crippen MR) is 63.2 cm³/mol. The Morgan fingerprint density at radius 3 is 2.73 bits per heavy atom. The van der Waals surface area contributed by atoms with Gasteiger partial charge in [-0.15, -0.1) is 11.6 Å². The Hall–Kier alpha value is -0.0500. The van der Waals surface area contributed by atoms with Gasteiger partial charge in [-0.1, -0.05) is 11.6 Å². The molecule has 3 heteroatoms. The second kappa shape index (κ2) is 4.86. The lowest BCUT2D eigenvalue weighted by atomic mass is 9.70. The number of piperidine rings is 1. The van der Waals surface area contributed by atoms with Crippen molar-refractivity contribution in [2.24, 2.45) is 5.41 Å². The molecular formula is C12H20ClNO. The first kappa shape index (κ1) is 11.4. The van der Waals surface area contributed by atoms with Crippen LogP contribution >= 0.6 is 11.6 Å². The van der Waals surface area contributed by atoms with E-state index in [1.807, 2.05) is 0 Å². The van der Waals surface area contributed by atoms with Gasteiger partial charge in [-0.25, -0.2) is 0 Å². The van der Waals surface area contributed by atoms with E-state index < -0.39 is 0 Å². The van der Waals surface area contributed by atoms with Crippen molar-refractivity contribution < 1.29 is 5.11 Å². The third-order valence-corrected chi connectivity index (χ3v) is 4.29. The molecule has 1 fully saturated rings. The van der Waals surface area contributed by atoms with Gasteiger partial charge >= 0.3 is 0 Å². The molecule has 0 saturated carbocycles. The van der Waals surface area contributed by atoms with E-state index in [4.69, 9.17) is 11.6 Å². The molecule has 86 valence electrons. The van der Waals surface area contributed by atoms with E-state index in [9.17, 15) is 5.11 Å². The molecule has 1 unspecified atom stereocenters. The summed E-state index contributed by atoms with van der Waals surface area (Å²) in [6, 6.07) is 0. The van der Waals surface area contributed by atoms with Gasteiger partial charge in [-0.2, -0.15) is 0 Å². The number of aliphatic hydroxyl groups excluding tert-OH is 1. The van der Waals surface area contributed by atoms with Crippen LogP contribution in [0.1, 0.15) is 32.1 Å². The van der Waals surface area contributed by atoms with Gasteiger partial charge in [0.25, 0.3) is 0 Å². The Kier molecular flexibility index (Phi) is 3.70. The topological polar surface area (TPSA) is 32.3 Å². The van der Waals surface area contributed by atoms with Crippen LogP contribution in [-0.4, -0.2) is 30.2 Å². The minimum Gasteiger partial charge on any atom is -0.395 e. The Labute approximate surface area is 96.7 Å². The van der Waals surface area contributed by atoms with E-state index in [2.05, 4.69) is 11.4 Å². The monoisotopic (exact) mass is 229 g/mol. The van der Waals surface area contributed by atoms with E-state index >= 15 is 0 Å². The molecule has 2 N–H and O–H groups in total. The summed E-state index contributed by atoms with van der Waals surface area (Å²) in [7, 11) is 0. The molecular weight excluding hydrogens is 210 g/mol. The summed E-state index contributed by atoms with van der Waals surface area (Å²) in [6.07, 6.45) is 7.55. The number of rotatable bonds is 2. The average molecular weight is 230 g/mol. The van der Waals surface area contributed by atoms with Gasteiger partial charge in [-0.3, -0.25) is 0 Å². The summed E-state index contributed by atoms with van der Waals surface area (Å²) in [6.45, 7) is 2.36. The van der Waals surface area contributed by atoms with Crippen molar-refractivity contribution in [3.05, 3.63) is 11.6 Å². The summed E-state index contributed by atoms with van der Waals surface area (Å²) in [4.78, 5) is 0. The predicted octanol–water partition coefficient (Wildman–Crippen LogP) is 2.07. The Morgan fingerprint density at radius 1 is 1.47 bits per heavy atom. The molecule has 0 bridgehead atoms. The van der Waals surface area contributed by atoms with Gasteiger partial charge in [0.1, 0.15) is 0 Å². The maximum Gasteiger partial charge on any atom is 0.0525 e. The molecule has 2 nitrogen and oxygen atoms in total. The molecule has 1 aliphatic heterocycles. The molecule has 1 aliphatic carbocycles. The van der Waals surface area contributed by atoms with Crippen LogP contribution in [0.2, 0.25) is 0 Å². The van der Waals surface area contributed by atoms with Crippen LogP contribution in [0.3, 0.4) is 0 Å². The lowest BCUT2D eigenvalue weighted by Gasteiger charge is -2.40. The zero-order chi connectivity index (χ0) is 10.7. The molecule has 0 aromatic carbocycles. The molecule has 0 aromatic rings. The van der Waals surface area contributed by atoms with Crippen molar-refractivity contribution in [3.63, 3.8) is 0 Å². The van der Waals surface area contributed by atoms with Gasteiger partial charge < -0.3 is 10.4 Å². The highest BCUT2D eigenvalue weighted by Crippen LogP contribution is 2.41. The molecule has 1 heterocycles. The number of nitrogens with one attached hydrogen (secondary N) is 1. The van der Waals surface area contributed by atoms with Crippen molar-refractivity contribution in [1.29, 1.82) is 0 Å². The van der Waals surface area contributed by atoms with Crippen LogP contribution in [0.15, 0.2) is 11.6 Å². The molecule has 0 spiro atoms. The smallest absolute Gasteiger partial charge is 0.0525 e. The number of alkyl halides is 1. The van der Waals surface area contributed by atoms with E-state index in [0.717, 1.165) is 45.2 Å². The quantitative estimate of drug-likeness (QED) is 0.561. The Bertz CT molecular complexity index is 246. The first-order valence-electron chi connectivity index (χ1n) is 5.92. The van der Waals surface area contributed by atoms with Crippen molar-refractivity contribution in [2.45, 2.75) is 37.5 Å². The standard InChI is InChI=1S/C12H20ClNO/c13-11-3-1-10(2-4-11)12(9-15)5-7-14-8-6-12/h1,11,14-15H,2-9H2. The van der Waals surface area contributed by atoms with Gasteiger partial charge in [0, 0.05) is 10.8 Å². The number of halogens is 1. The summed E-state index contributed by atoms with van der Waals surface area (Å²) in [5.41, 5.74) is 1.53. The van der Waals surface area contributed by atoms with Crippen LogP contribution in [0.25, 0.3) is 0 Å². The van der Waals surface area contributed by atoms with E-state index in [1.165, 1.54) is 5.57 Å². The SMILES string of the molecule is OCC1(C2=CCC(Cl)CC2)CCNCC1. The summed E-state index contributed by atoms with van der Waals surface area (Å²) in [5.74, 6) is 0. The summed E-state index contributed by atoms with van der Waals surface area (Å²) >= 11 is 6.09. The second-order valence-electron chi connectivity index (χ2n) is 4.79. The highest BCUT2D eigenvalue weighted by molar-refractivity contribution is 6.20. The zero-order valence-electron chi connectivity index (χ0n) is 9.14. The molecule has 2 rings (SSSR count). The number of hydrogen-bond donors (Lipinski definition) is 2. The fourth-order valence-corrected chi connectivity index (χ4v) is 2.97. The second-order valence-corrected chi connectivity index (χ2v) is 5.41. The van der Waals surface area contributed by atoms with Crippen LogP contribution < -0.4 is 5.32 Å².